The van der Waals surface area contributed by atoms with Crippen LogP contribution in [0.5, 0.6) is 0 Å². The summed E-state index contributed by atoms with van der Waals surface area (Å²) in [7, 11) is 0. The van der Waals surface area contributed by atoms with Crippen LogP contribution in [0.2, 0.25) is 0 Å². The van der Waals surface area contributed by atoms with Crippen LogP contribution >= 0.6 is 0 Å². The highest BCUT2D eigenvalue weighted by Crippen LogP contribution is 2.08. The molecule has 0 spiro atoms. The van der Waals surface area contributed by atoms with Crippen LogP contribution < -0.4 is 0 Å². The minimum atomic E-state index is -0.454. The Hall–Kier alpha value is -1.84. The van der Waals surface area contributed by atoms with E-state index in [2.05, 4.69) is 37.8 Å². The first-order valence-corrected chi connectivity index (χ1v) is 10.9. The van der Waals surface area contributed by atoms with E-state index in [1.54, 1.807) is 6.92 Å². The zero-order chi connectivity index (χ0) is 20.9. The number of hydrogen-bond donors (Lipinski definition) is 0. The smallest absolute Gasteiger partial charge is 0.333 e. The Morgan fingerprint density at radius 3 is 2.00 bits per heavy atom. The molecule has 0 aliphatic rings. The molecule has 4 heteroatoms. The molecule has 4 nitrogen and oxygen atoms in total. The fraction of sp³-hybridized carbons (Fsp3) is 0.667. The van der Waals surface area contributed by atoms with Gasteiger partial charge in [0.2, 0.25) is 0 Å². The fourth-order valence-electron chi connectivity index (χ4n) is 2.57. The number of carbonyl (C=O) groups is 2. The summed E-state index contributed by atoms with van der Waals surface area (Å²) in [6.07, 6.45) is 22.2. The molecule has 0 aliphatic carbocycles. The first-order valence-electron chi connectivity index (χ1n) is 10.9. The number of carbonyl (C=O) groups excluding carboxylic acids is 2. The Morgan fingerprint density at radius 1 is 0.786 bits per heavy atom. The fourth-order valence-corrected chi connectivity index (χ4v) is 2.57. The first-order chi connectivity index (χ1) is 13.6. The molecular weight excluding hydrogens is 352 g/mol. The highest BCUT2D eigenvalue weighted by molar-refractivity contribution is 5.86. The van der Waals surface area contributed by atoms with Gasteiger partial charge in [0.05, 0.1) is 0 Å². The second-order valence-electron chi connectivity index (χ2n) is 7.12. The predicted octanol–water partition coefficient (Wildman–Crippen LogP) is 6.46. The van der Waals surface area contributed by atoms with Gasteiger partial charge < -0.3 is 9.47 Å². The van der Waals surface area contributed by atoms with Crippen LogP contribution in [0.1, 0.15) is 90.9 Å². The molecular formula is C24H40O4. The second-order valence-corrected chi connectivity index (χ2v) is 7.12. The van der Waals surface area contributed by atoms with E-state index in [4.69, 9.17) is 9.47 Å². The summed E-state index contributed by atoms with van der Waals surface area (Å²) in [5.74, 6) is -0.679. The third-order valence-corrected chi connectivity index (χ3v) is 4.26. The van der Waals surface area contributed by atoms with Crippen LogP contribution in [0.25, 0.3) is 0 Å². The average molecular weight is 393 g/mol. The minimum absolute atomic E-state index is 0.0829. The molecule has 0 rings (SSSR count). The Morgan fingerprint density at radius 2 is 1.36 bits per heavy atom. The van der Waals surface area contributed by atoms with Crippen LogP contribution in [0.15, 0.2) is 36.5 Å². The van der Waals surface area contributed by atoms with Gasteiger partial charge in [-0.3, -0.25) is 4.79 Å². The monoisotopic (exact) mass is 392 g/mol. The van der Waals surface area contributed by atoms with E-state index in [9.17, 15) is 9.59 Å². The van der Waals surface area contributed by atoms with Crippen molar-refractivity contribution in [2.45, 2.75) is 90.9 Å². The molecule has 0 saturated carbocycles. The molecule has 0 atom stereocenters. The van der Waals surface area contributed by atoms with Crippen LogP contribution in [0.3, 0.4) is 0 Å². The lowest BCUT2D eigenvalue weighted by molar-refractivity contribution is -0.150. The van der Waals surface area contributed by atoms with Crippen molar-refractivity contribution in [1.82, 2.24) is 0 Å². The molecule has 0 bridgehead atoms. The summed E-state index contributed by atoms with van der Waals surface area (Å²) in [6, 6.07) is 0. The van der Waals surface area contributed by atoms with E-state index in [1.807, 2.05) is 0 Å². The van der Waals surface area contributed by atoms with E-state index in [0.717, 1.165) is 32.1 Å². The van der Waals surface area contributed by atoms with Crippen molar-refractivity contribution in [2.75, 3.05) is 13.2 Å². The highest BCUT2D eigenvalue weighted by Gasteiger charge is 2.05. The van der Waals surface area contributed by atoms with E-state index >= 15 is 0 Å². The zero-order valence-corrected chi connectivity index (χ0v) is 18.0. The van der Waals surface area contributed by atoms with E-state index in [1.165, 1.54) is 38.5 Å². The SMILES string of the molecule is C=C(C)C(=O)OCCOC(=O)CCCCCCC/C=C/C/C=C/CCCCC. The topological polar surface area (TPSA) is 52.6 Å². The molecule has 0 unspecified atom stereocenters. The van der Waals surface area contributed by atoms with Crippen molar-refractivity contribution in [2.24, 2.45) is 0 Å². The number of rotatable bonds is 18. The summed E-state index contributed by atoms with van der Waals surface area (Å²) in [4.78, 5) is 22.7. The average Bonchev–Trinajstić information content (AvgIpc) is 2.68. The number of allylic oxidation sites excluding steroid dienone is 4. The van der Waals surface area contributed by atoms with Gasteiger partial charge in [0.15, 0.2) is 0 Å². The van der Waals surface area contributed by atoms with E-state index < -0.39 is 5.97 Å². The molecule has 160 valence electrons. The molecule has 0 saturated heterocycles. The number of hydrogen-bond acceptors (Lipinski definition) is 4. The largest absolute Gasteiger partial charge is 0.462 e. The highest BCUT2D eigenvalue weighted by atomic mass is 16.6. The molecule has 0 aromatic carbocycles. The van der Waals surface area contributed by atoms with Crippen molar-refractivity contribution >= 4 is 11.9 Å². The summed E-state index contributed by atoms with van der Waals surface area (Å²) in [5, 5.41) is 0. The molecule has 0 aliphatic heterocycles. The summed E-state index contributed by atoms with van der Waals surface area (Å²) < 4.78 is 9.89. The minimum Gasteiger partial charge on any atom is -0.462 e. The van der Waals surface area contributed by atoms with Crippen molar-refractivity contribution in [1.29, 1.82) is 0 Å². The van der Waals surface area contributed by atoms with Gasteiger partial charge in [-0.1, -0.05) is 69.9 Å². The summed E-state index contributed by atoms with van der Waals surface area (Å²) >= 11 is 0. The lowest BCUT2D eigenvalue weighted by Gasteiger charge is -2.06. The summed E-state index contributed by atoms with van der Waals surface area (Å²) in [5.41, 5.74) is 0.344. The molecule has 0 amide bonds. The number of ether oxygens (including phenoxy) is 2. The molecule has 0 radical (unpaired) electrons. The Balaban J connectivity index is 3.36. The predicted molar refractivity (Wildman–Crippen MR) is 116 cm³/mol. The van der Waals surface area contributed by atoms with Gasteiger partial charge in [0.25, 0.3) is 0 Å². The third-order valence-electron chi connectivity index (χ3n) is 4.26. The maximum Gasteiger partial charge on any atom is 0.333 e. The Labute approximate surface area is 172 Å². The normalized spacial score (nSPS) is 11.2. The zero-order valence-electron chi connectivity index (χ0n) is 18.0. The van der Waals surface area contributed by atoms with Crippen LogP contribution in [-0.4, -0.2) is 25.2 Å². The standard InChI is InChI=1S/C24H40O4/c1-4-5-6-7-8-9-10-11-12-13-14-15-16-17-18-19-23(25)27-20-21-28-24(26)22(2)3/h8-9,11-12H,2,4-7,10,13-21H2,1,3H3/b9-8+,12-11+. The maximum absolute atomic E-state index is 11.6. The van der Waals surface area contributed by atoms with Crippen LogP contribution in [0.4, 0.5) is 0 Å². The Bertz CT molecular complexity index is 477. The number of esters is 2. The quantitative estimate of drug-likeness (QED) is 0.116. The molecule has 0 aromatic rings. The van der Waals surface area contributed by atoms with Gasteiger partial charge in [-0.25, -0.2) is 4.79 Å². The van der Waals surface area contributed by atoms with Gasteiger partial charge >= 0.3 is 11.9 Å². The molecule has 0 fully saturated rings. The van der Waals surface area contributed by atoms with Gasteiger partial charge in [-0.15, -0.1) is 0 Å². The lowest BCUT2D eigenvalue weighted by Crippen LogP contribution is -2.14. The van der Waals surface area contributed by atoms with Crippen LogP contribution in [-0.2, 0) is 19.1 Å². The summed E-state index contributed by atoms with van der Waals surface area (Å²) in [6.45, 7) is 7.49. The van der Waals surface area contributed by atoms with Crippen molar-refractivity contribution < 1.29 is 19.1 Å². The lowest BCUT2D eigenvalue weighted by atomic mass is 10.1. The number of unbranched alkanes of at least 4 members (excludes halogenated alkanes) is 8. The maximum atomic E-state index is 11.6. The van der Waals surface area contributed by atoms with Gasteiger partial charge in [-0.05, 0) is 45.4 Å². The molecule has 0 aromatic heterocycles. The van der Waals surface area contributed by atoms with Gasteiger partial charge in [0, 0.05) is 12.0 Å². The molecule has 28 heavy (non-hydrogen) atoms. The van der Waals surface area contributed by atoms with Crippen LogP contribution in [0, 0.1) is 0 Å². The Kier molecular flexibility index (Phi) is 18.6. The van der Waals surface area contributed by atoms with Crippen molar-refractivity contribution in [3.05, 3.63) is 36.5 Å². The third kappa shape index (κ3) is 18.9. The molecule has 0 N–H and O–H groups in total. The van der Waals surface area contributed by atoms with E-state index in [-0.39, 0.29) is 19.2 Å². The van der Waals surface area contributed by atoms with Gasteiger partial charge in [0.1, 0.15) is 13.2 Å². The van der Waals surface area contributed by atoms with Crippen molar-refractivity contribution in [3.8, 4) is 0 Å². The van der Waals surface area contributed by atoms with E-state index in [0.29, 0.717) is 12.0 Å². The second kappa shape index (κ2) is 19.9. The van der Waals surface area contributed by atoms with Crippen molar-refractivity contribution in [3.63, 3.8) is 0 Å². The molecule has 0 heterocycles. The first kappa shape index (κ1) is 26.2. The van der Waals surface area contributed by atoms with Gasteiger partial charge in [-0.2, -0.15) is 0 Å².